The molecule has 38 heavy (non-hydrogen) atoms. The summed E-state index contributed by atoms with van der Waals surface area (Å²) in [5, 5.41) is 0. The molecule has 1 aromatic carbocycles. The summed E-state index contributed by atoms with van der Waals surface area (Å²) in [5.74, 6) is -0.743. The highest BCUT2D eigenvalue weighted by atomic mass is 19.4. The number of ether oxygens (including phenoxy) is 3. The minimum absolute atomic E-state index is 0.135. The average Bonchev–Trinajstić information content (AvgIpc) is 2.77. The fourth-order valence-electron chi connectivity index (χ4n) is 2.34. The Bertz CT molecular complexity index is 998. The van der Waals surface area contributed by atoms with Crippen molar-refractivity contribution in [2.75, 3.05) is 24.7 Å². The van der Waals surface area contributed by atoms with E-state index in [1.807, 2.05) is 0 Å². The molecule has 2 rings (SSSR count). The summed E-state index contributed by atoms with van der Waals surface area (Å²) in [6, 6.07) is 3.39. The van der Waals surface area contributed by atoms with Crippen molar-refractivity contribution in [1.82, 2.24) is 15.0 Å². The van der Waals surface area contributed by atoms with Gasteiger partial charge in [-0.3, -0.25) is 4.79 Å². The Morgan fingerprint density at radius 1 is 0.868 bits per heavy atom. The molecule has 0 bridgehead atoms. The van der Waals surface area contributed by atoms with E-state index in [9.17, 15) is 48.7 Å². The highest BCUT2D eigenvalue weighted by Gasteiger charge is 2.44. The van der Waals surface area contributed by atoms with Crippen LogP contribution in [0.4, 0.5) is 49.6 Å². The van der Waals surface area contributed by atoms with Gasteiger partial charge in [-0.25, -0.2) is 0 Å². The van der Waals surface area contributed by atoms with E-state index >= 15 is 0 Å². The maximum absolute atomic E-state index is 12.6. The fraction of sp³-hybridized carbons (Fsp3) is 0.500. The lowest BCUT2D eigenvalue weighted by Gasteiger charge is -2.20. The van der Waals surface area contributed by atoms with Crippen molar-refractivity contribution < 1.29 is 62.9 Å². The Kier molecular flexibility index (Phi) is 11.3. The molecule has 0 aliphatic heterocycles. The van der Waals surface area contributed by atoms with E-state index in [4.69, 9.17) is 0 Å². The molecule has 1 heterocycles. The molecule has 2 aromatic rings. The van der Waals surface area contributed by atoms with Crippen LogP contribution in [0.15, 0.2) is 24.3 Å². The highest BCUT2D eigenvalue weighted by molar-refractivity contribution is 5.91. The van der Waals surface area contributed by atoms with Crippen LogP contribution >= 0.6 is 0 Å². The molecule has 1 aromatic heterocycles. The van der Waals surface area contributed by atoms with E-state index in [-0.39, 0.29) is 11.7 Å². The first-order valence-corrected chi connectivity index (χ1v) is 10.2. The van der Waals surface area contributed by atoms with Crippen LogP contribution in [0.5, 0.6) is 17.8 Å². The van der Waals surface area contributed by atoms with Crippen LogP contribution in [0, 0.1) is 6.92 Å². The van der Waals surface area contributed by atoms with Crippen molar-refractivity contribution in [3.63, 3.8) is 0 Å². The number of alkyl halides is 10. The molecule has 0 unspecified atom stereocenters. The molecular formula is C20H20F10N4O4. The summed E-state index contributed by atoms with van der Waals surface area (Å²) in [6.07, 6.45) is -17.7. The largest absolute Gasteiger partial charge is 0.461 e. The zero-order valence-corrected chi connectivity index (χ0v) is 19.7. The molecule has 0 N–H and O–H groups in total. The number of anilines is 1. The van der Waals surface area contributed by atoms with E-state index in [1.54, 1.807) is 6.92 Å². The van der Waals surface area contributed by atoms with Crippen molar-refractivity contribution in [3.05, 3.63) is 30.1 Å². The van der Waals surface area contributed by atoms with E-state index in [0.717, 1.165) is 12.1 Å². The number of carbonyl (C=O) groups excluding carboxylic acids is 1. The zero-order chi connectivity index (χ0) is 29.3. The second-order valence-corrected chi connectivity index (χ2v) is 6.98. The Labute approximate surface area is 208 Å². The third-order valence-corrected chi connectivity index (χ3v) is 3.79. The van der Waals surface area contributed by atoms with Gasteiger partial charge >= 0.3 is 36.9 Å². The van der Waals surface area contributed by atoms with Gasteiger partial charge in [-0.2, -0.15) is 53.9 Å². The molecule has 0 atom stereocenters. The minimum atomic E-state index is -4.62. The van der Waals surface area contributed by atoms with Crippen LogP contribution < -0.4 is 19.1 Å². The third kappa shape index (κ3) is 12.1. The van der Waals surface area contributed by atoms with Crippen molar-refractivity contribution in [1.29, 1.82) is 0 Å². The van der Waals surface area contributed by atoms with Crippen LogP contribution in [-0.2, 0) is 4.79 Å². The topological polar surface area (TPSA) is 86.7 Å². The Morgan fingerprint density at radius 2 is 1.32 bits per heavy atom. The molecule has 8 nitrogen and oxygen atoms in total. The highest BCUT2D eigenvalue weighted by Crippen LogP contribution is 2.29. The lowest BCUT2D eigenvalue weighted by molar-refractivity contribution is -0.253. The standard InChI is InChI=1S/C12H13F4NO2.C8H7F6N3O2/c1-3-17(8(2)18)9-4-6-10(7-5-9)19-12(15,16)11(13)14;1-4-15-5(18-2-7(9,10)11)17-6(16-4)19-3-8(12,13)14/h4-7,11H,3H2,1-2H3;2-3H2,1H3. The maximum Gasteiger partial charge on any atom is 0.461 e. The summed E-state index contributed by atoms with van der Waals surface area (Å²) in [6.45, 7) is 1.41. The molecule has 1 amide bonds. The van der Waals surface area contributed by atoms with Crippen LogP contribution in [0.3, 0.4) is 0 Å². The van der Waals surface area contributed by atoms with E-state index in [2.05, 4.69) is 29.2 Å². The maximum atomic E-state index is 12.6. The molecule has 0 spiro atoms. The van der Waals surface area contributed by atoms with Crippen molar-refractivity contribution >= 4 is 11.6 Å². The number of nitrogens with zero attached hydrogens (tertiary/aromatic N) is 4. The van der Waals surface area contributed by atoms with Gasteiger partial charge < -0.3 is 19.1 Å². The van der Waals surface area contributed by atoms with Crippen molar-refractivity contribution in [2.24, 2.45) is 0 Å². The summed E-state index contributed by atoms with van der Waals surface area (Å²) in [5.41, 5.74) is 0.475. The number of aryl methyl sites for hydroxylation is 1. The number of halogens is 10. The minimum Gasteiger partial charge on any atom is -0.454 e. The second kappa shape index (κ2) is 13.3. The predicted molar refractivity (Wildman–Crippen MR) is 109 cm³/mol. The van der Waals surface area contributed by atoms with Gasteiger partial charge in [-0.1, -0.05) is 0 Å². The molecule has 0 fully saturated rings. The van der Waals surface area contributed by atoms with E-state index in [0.29, 0.717) is 12.2 Å². The summed E-state index contributed by atoms with van der Waals surface area (Å²) in [7, 11) is 0. The summed E-state index contributed by atoms with van der Waals surface area (Å²) < 4.78 is 133. The number of amides is 1. The Morgan fingerprint density at radius 3 is 1.66 bits per heavy atom. The number of carbonyl (C=O) groups is 1. The van der Waals surface area contributed by atoms with E-state index in [1.165, 1.54) is 30.9 Å². The number of hydrogen-bond acceptors (Lipinski definition) is 7. The number of hydrogen-bond donors (Lipinski definition) is 0. The van der Waals surface area contributed by atoms with Crippen LogP contribution in [0.1, 0.15) is 19.7 Å². The Hall–Kier alpha value is -3.60. The molecular weight excluding hydrogens is 550 g/mol. The predicted octanol–water partition coefficient (Wildman–Crippen LogP) is 5.36. The molecule has 18 heteroatoms. The Balaban J connectivity index is 0.000000380. The van der Waals surface area contributed by atoms with Gasteiger partial charge in [0.05, 0.1) is 0 Å². The number of rotatable bonds is 9. The third-order valence-electron chi connectivity index (χ3n) is 3.79. The lowest BCUT2D eigenvalue weighted by atomic mass is 10.2. The molecule has 0 saturated heterocycles. The number of aromatic nitrogens is 3. The van der Waals surface area contributed by atoms with Gasteiger partial charge in [0.2, 0.25) is 5.91 Å². The molecule has 0 saturated carbocycles. The molecule has 214 valence electrons. The van der Waals surface area contributed by atoms with Gasteiger partial charge in [-0.05, 0) is 38.1 Å². The van der Waals surface area contributed by atoms with Gasteiger partial charge in [0.25, 0.3) is 0 Å². The number of benzene rings is 1. The lowest BCUT2D eigenvalue weighted by Crippen LogP contribution is -2.33. The first-order valence-electron chi connectivity index (χ1n) is 10.2. The first-order chi connectivity index (χ1) is 17.3. The van der Waals surface area contributed by atoms with Crippen LogP contribution in [0.2, 0.25) is 0 Å². The quantitative estimate of drug-likeness (QED) is 0.376. The normalized spacial score (nSPS) is 11.9. The molecule has 0 radical (unpaired) electrons. The van der Waals surface area contributed by atoms with Crippen LogP contribution in [-0.4, -0.2) is 65.5 Å². The van der Waals surface area contributed by atoms with Gasteiger partial charge in [0.1, 0.15) is 11.6 Å². The first kappa shape index (κ1) is 32.4. The fourth-order valence-corrected chi connectivity index (χ4v) is 2.34. The average molecular weight is 570 g/mol. The van der Waals surface area contributed by atoms with E-state index < -0.39 is 55.9 Å². The van der Waals surface area contributed by atoms with Crippen LogP contribution in [0.25, 0.3) is 0 Å². The SMILES string of the molecule is CCN(C(C)=O)c1ccc(OC(F)(F)C(F)F)cc1.Cc1nc(OCC(F)(F)F)nc(OCC(F)(F)F)n1. The summed E-state index contributed by atoms with van der Waals surface area (Å²) >= 11 is 0. The van der Waals surface area contributed by atoms with Gasteiger partial charge in [-0.15, -0.1) is 4.98 Å². The van der Waals surface area contributed by atoms with Crippen molar-refractivity contribution in [2.45, 2.75) is 45.7 Å². The zero-order valence-electron chi connectivity index (χ0n) is 19.7. The summed E-state index contributed by atoms with van der Waals surface area (Å²) in [4.78, 5) is 22.6. The molecule has 0 aliphatic rings. The van der Waals surface area contributed by atoms with Gasteiger partial charge in [0, 0.05) is 19.2 Å². The smallest absolute Gasteiger partial charge is 0.454 e. The van der Waals surface area contributed by atoms with Gasteiger partial charge in [0.15, 0.2) is 13.2 Å². The second-order valence-electron chi connectivity index (χ2n) is 6.98. The molecule has 0 aliphatic carbocycles. The van der Waals surface area contributed by atoms with Crippen molar-refractivity contribution in [3.8, 4) is 17.8 Å². The monoisotopic (exact) mass is 570 g/mol.